The number of nitrogens with zero attached hydrogens (tertiary/aromatic N) is 1. The predicted octanol–water partition coefficient (Wildman–Crippen LogP) is 3.75. The van der Waals surface area contributed by atoms with Crippen molar-refractivity contribution in [2.75, 3.05) is 6.61 Å². The van der Waals surface area contributed by atoms with Gasteiger partial charge in [-0.05, 0) is 37.8 Å². The van der Waals surface area contributed by atoms with Crippen LogP contribution in [0.5, 0.6) is 0 Å². The maximum absolute atomic E-state index is 11.0. The topological polar surface area (TPSA) is 59.4 Å². The van der Waals surface area contributed by atoms with Crippen LogP contribution in [0, 0.1) is 0 Å². The van der Waals surface area contributed by atoms with Crippen molar-refractivity contribution < 1.29 is 14.6 Å². The lowest BCUT2D eigenvalue weighted by molar-refractivity contribution is -0.0971. The second kappa shape index (κ2) is 6.36. The average molecular weight is 307 g/mol. The van der Waals surface area contributed by atoms with Gasteiger partial charge in [0.2, 0.25) is 0 Å². The van der Waals surface area contributed by atoms with Crippen LogP contribution in [0.4, 0.5) is 0 Å². The van der Waals surface area contributed by atoms with Gasteiger partial charge < -0.3 is 9.84 Å². The number of hydrogen-bond acceptors (Lipinski definition) is 4. The van der Waals surface area contributed by atoms with Crippen LogP contribution in [0.2, 0.25) is 0 Å². The molecule has 1 aliphatic carbocycles. The van der Waals surface area contributed by atoms with E-state index in [0.29, 0.717) is 10.8 Å². The number of aromatic carboxylic acids is 1. The molecule has 0 bridgehead atoms. The molecule has 21 heavy (non-hydrogen) atoms. The summed E-state index contributed by atoms with van der Waals surface area (Å²) in [6, 6.07) is 3.22. The van der Waals surface area contributed by atoms with E-state index in [1.807, 2.05) is 0 Å². The zero-order valence-corrected chi connectivity index (χ0v) is 12.9. The minimum Gasteiger partial charge on any atom is -0.478 e. The molecule has 1 aliphatic heterocycles. The molecule has 4 nitrogen and oxygen atoms in total. The quantitative estimate of drug-likeness (QED) is 0.921. The van der Waals surface area contributed by atoms with Gasteiger partial charge in [0.1, 0.15) is 0 Å². The Balaban J connectivity index is 1.67. The average Bonchev–Trinajstić information content (AvgIpc) is 2.48. The van der Waals surface area contributed by atoms with Crippen LogP contribution in [0.25, 0.3) is 0 Å². The van der Waals surface area contributed by atoms with Gasteiger partial charge in [-0.3, -0.25) is 0 Å². The van der Waals surface area contributed by atoms with Crippen molar-refractivity contribution in [2.45, 2.75) is 60.8 Å². The molecule has 114 valence electrons. The molecule has 5 heteroatoms. The Labute approximate surface area is 129 Å². The van der Waals surface area contributed by atoms with Gasteiger partial charge in [-0.15, -0.1) is 11.8 Å². The molecule has 1 atom stereocenters. The highest BCUT2D eigenvalue weighted by atomic mass is 32.2. The lowest BCUT2D eigenvalue weighted by atomic mass is 9.80. The first-order valence-corrected chi connectivity index (χ1v) is 8.55. The molecule has 1 aromatic rings. The summed E-state index contributed by atoms with van der Waals surface area (Å²) in [5, 5.41) is 10.3. The smallest absolute Gasteiger partial charge is 0.335 e. The molecule has 1 spiro atoms. The molecule has 2 fully saturated rings. The van der Waals surface area contributed by atoms with Crippen LogP contribution in [0.15, 0.2) is 23.4 Å². The summed E-state index contributed by atoms with van der Waals surface area (Å²) in [6.07, 6.45) is 9.88. The van der Waals surface area contributed by atoms with E-state index in [1.54, 1.807) is 30.1 Å². The molecule has 1 N–H and O–H groups in total. The first-order valence-electron chi connectivity index (χ1n) is 7.67. The van der Waals surface area contributed by atoms with Crippen LogP contribution in [-0.4, -0.2) is 33.5 Å². The first kappa shape index (κ1) is 14.9. The Morgan fingerprint density at radius 2 is 2.19 bits per heavy atom. The van der Waals surface area contributed by atoms with Crippen LogP contribution in [0.1, 0.15) is 55.3 Å². The van der Waals surface area contributed by atoms with Crippen molar-refractivity contribution in [1.29, 1.82) is 0 Å². The van der Waals surface area contributed by atoms with E-state index in [-0.39, 0.29) is 5.60 Å². The van der Waals surface area contributed by atoms with Gasteiger partial charge in [0.15, 0.2) is 0 Å². The Morgan fingerprint density at radius 3 is 2.95 bits per heavy atom. The van der Waals surface area contributed by atoms with E-state index in [0.717, 1.165) is 24.5 Å². The largest absolute Gasteiger partial charge is 0.478 e. The van der Waals surface area contributed by atoms with Gasteiger partial charge in [0.05, 0.1) is 16.2 Å². The van der Waals surface area contributed by atoms with Gasteiger partial charge in [-0.1, -0.05) is 19.3 Å². The van der Waals surface area contributed by atoms with E-state index >= 15 is 0 Å². The molecule has 1 saturated heterocycles. The van der Waals surface area contributed by atoms with E-state index < -0.39 is 5.97 Å². The number of pyridine rings is 1. The number of carbonyl (C=O) groups is 1. The number of carboxylic acids is 1. The van der Waals surface area contributed by atoms with Crippen molar-refractivity contribution in [3.05, 3.63) is 23.9 Å². The van der Waals surface area contributed by atoms with Gasteiger partial charge in [0, 0.05) is 18.1 Å². The molecule has 2 aliphatic rings. The maximum atomic E-state index is 11.0. The zero-order valence-electron chi connectivity index (χ0n) is 12.1. The Hall–Kier alpha value is -1.07. The Kier molecular flexibility index (Phi) is 4.50. The van der Waals surface area contributed by atoms with E-state index in [4.69, 9.17) is 9.84 Å². The van der Waals surface area contributed by atoms with E-state index in [1.165, 1.54) is 32.1 Å². The minimum atomic E-state index is -0.894. The standard InChI is InChI=1S/C16H21NO3S/c18-15(19)12-4-8-17-14(10-12)21-13-5-9-20-16(11-13)6-2-1-3-7-16/h4,8,10,13H,1-3,5-7,9,11H2,(H,18,19). The van der Waals surface area contributed by atoms with Crippen molar-refractivity contribution in [3.63, 3.8) is 0 Å². The highest BCUT2D eigenvalue weighted by Gasteiger charge is 2.38. The normalized spacial score (nSPS) is 24.9. The molecular formula is C16H21NO3S. The third-order valence-electron chi connectivity index (χ3n) is 4.48. The summed E-state index contributed by atoms with van der Waals surface area (Å²) in [5.41, 5.74) is 0.394. The highest BCUT2D eigenvalue weighted by molar-refractivity contribution is 7.99. The molecule has 1 saturated carbocycles. The van der Waals surface area contributed by atoms with E-state index in [2.05, 4.69) is 4.98 Å². The first-order chi connectivity index (χ1) is 10.2. The van der Waals surface area contributed by atoms with Crippen molar-refractivity contribution in [2.24, 2.45) is 0 Å². The second-order valence-corrected chi connectivity index (χ2v) is 7.33. The van der Waals surface area contributed by atoms with E-state index in [9.17, 15) is 4.79 Å². The number of aromatic nitrogens is 1. The molecular weight excluding hydrogens is 286 g/mol. The van der Waals surface area contributed by atoms with Crippen LogP contribution >= 0.6 is 11.8 Å². The monoisotopic (exact) mass is 307 g/mol. The van der Waals surface area contributed by atoms with Crippen LogP contribution in [-0.2, 0) is 4.74 Å². The van der Waals surface area contributed by atoms with Crippen LogP contribution < -0.4 is 0 Å². The predicted molar refractivity (Wildman–Crippen MR) is 81.8 cm³/mol. The van der Waals surface area contributed by atoms with Gasteiger partial charge in [-0.2, -0.15) is 0 Å². The number of hydrogen-bond donors (Lipinski definition) is 1. The number of thioether (sulfide) groups is 1. The molecule has 0 radical (unpaired) electrons. The molecule has 1 aromatic heterocycles. The fraction of sp³-hybridized carbons (Fsp3) is 0.625. The molecule has 1 unspecified atom stereocenters. The van der Waals surface area contributed by atoms with Crippen molar-refractivity contribution >= 4 is 17.7 Å². The molecule has 0 aromatic carbocycles. The lowest BCUT2D eigenvalue weighted by Crippen LogP contribution is -2.42. The number of ether oxygens (including phenoxy) is 1. The molecule has 0 amide bonds. The summed E-state index contributed by atoms with van der Waals surface area (Å²) in [7, 11) is 0. The van der Waals surface area contributed by atoms with Gasteiger partial charge in [-0.25, -0.2) is 9.78 Å². The molecule has 3 rings (SSSR count). The highest BCUT2D eigenvalue weighted by Crippen LogP contribution is 2.43. The second-order valence-electron chi connectivity index (χ2n) is 6.01. The Morgan fingerprint density at radius 1 is 1.38 bits per heavy atom. The van der Waals surface area contributed by atoms with Crippen LogP contribution in [0.3, 0.4) is 0 Å². The third-order valence-corrected chi connectivity index (χ3v) is 5.68. The summed E-state index contributed by atoms with van der Waals surface area (Å²) in [6.45, 7) is 0.816. The summed E-state index contributed by atoms with van der Waals surface area (Å²) >= 11 is 1.71. The third kappa shape index (κ3) is 3.58. The Bertz CT molecular complexity index is 508. The maximum Gasteiger partial charge on any atom is 0.335 e. The fourth-order valence-electron chi connectivity index (χ4n) is 3.41. The SMILES string of the molecule is O=C(O)c1ccnc(SC2CCOC3(CCCCC3)C2)c1. The number of rotatable bonds is 3. The van der Waals surface area contributed by atoms with Gasteiger partial charge >= 0.3 is 5.97 Å². The fourth-order valence-corrected chi connectivity index (χ4v) is 4.67. The summed E-state index contributed by atoms with van der Waals surface area (Å²) in [4.78, 5) is 15.3. The zero-order chi connectivity index (χ0) is 14.7. The van der Waals surface area contributed by atoms with Crippen molar-refractivity contribution in [1.82, 2.24) is 4.98 Å². The van der Waals surface area contributed by atoms with Crippen molar-refractivity contribution in [3.8, 4) is 0 Å². The minimum absolute atomic E-state index is 0.0819. The number of carboxylic acid groups (broad SMARTS) is 1. The summed E-state index contributed by atoms with van der Waals surface area (Å²) in [5.74, 6) is -0.894. The summed E-state index contributed by atoms with van der Waals surface area (Å²) < 4.78 is 6.11. The molecule has 2 heterocycles. The lowest BCUT2D eigenvalue weighted by Gasteiger charge is -2.43. The van der Waals surface area contributed by atoms with Gasteiger partial charge in [0.25, 0.3) is 0 Å².